The molecule has 0 aliphatic rings. The van der Waals surface area contributed by atoms with E-state index >= 15 is 0 Å². The van der Waals surface area contributed by atoms with Crippen LogP contribution in [0, 0.1) is 0 Å². The Balaban J connectivity index is 2.56. The SMILES string of the molecule is CCCCCCCN(CC)CC(O)c1ccc(N(C)S(N)(=O)=O)cc1. The highest BCUT2D eigenvalue weighted by atomic mass is 32.2. The van der Waals surface area contributed by atoms with Gasteiger partial charge in [0.2, 0.25) is 0 Å². The number of aliphatic hydroxyl groups excluding tert-OH is 1. The van der Waals surface area contributed by atoms with Gasteiger partial charge in [-0.3, -0.25) is 4.31 Å². The van der Waals surface area contributed by atoms with Crippen molar-refractivity contribution >= 4 is 15.9 Å². The summed E-state index contributed by atoms with van der Waals surface area (Å²) >= 11 is 0. The summed E-state index contributed by atoms with van der Waals surface area (Å²) in [5.74, 6) is 0. The van der Waals surface area contributed by atoms with Gasteiger partial charge in [0.15, 0.2) is 0 Å². The van der Waals surface area contributed by atoms with Crippen LogP contribution < -0.4 is 9.44 Å². The van der Waals surface area contributed by atoms with Crippen LogP contribution in [0.2, 0.25) is 0 Å². The number of rotatable bonds is 12. The van der Waals surface area contributed by atoms with Crippen LogP contribution in [-0.4, -0.2) is 45.1 Å². The Hall–Kier alpha value is -1.15. The van der Waals surface area contributed by atoms with Gasteiger partial charge in [-0.1, -0.05) is 51.7 Å². The van der Waals surface area contributed by atoms with Gasteiger partial charge in [-0.25, -0.2) is 5.14 Å². The molecule has 0 radical (unpaired) electrons. The second-order valence-corrected chi connectivity index (χ2v) is 8.00. The van der Waals surface area contributed by atoms with E-state index in [0.29, 0.717) is 12.2 Å². The van der Waals surface area contributed by atoms with Crippen LogP contribution in [0.5, 0.6) is 0 Å². The minimum absolute atomic E-state index is 0.474. The standard InChI is InChI=1S/C18H33N3O3S/c1-4-6-7-8-9-14-21(5-2)15-18(22)16-10-12-17(13-11-16)20(3)25(19,23)24/h10-13,18,22H,4-9,14-15H2,1-3H3,(H2,19,23,24). The normalized spacial score (nSPS) is 13.2. The van der Waals surface area contributed by atoms with E-state index in [2.05, 4.69) is 18.7 Å². The molecule has 0 spiro atoms. The summed E-state index contributed by atoms with van der Waals surface area (Å²) in [6, 6.07) is 6.81. The van der Waals surface area contributed by atoms with Crippen molar-refractivity contribution in [2.75, 3.05) is 31.0 Å². The summed E-state index contributed by atoms with van der Waals surface area (Å²) < 4.78 is 23.7. The number of nitrogens with zero attached hydrogens (tertiary/aromatic N) is 2. The van der Waals surface area contributed by atoms with Gasteiger partial charge >= 0.3 is 0 Å². The maximum absolute atomic E-state index is 11.3. The molecular weight excluding hydrogens is 338 g/mol. The molecule has 0 fully saturated rings. The molecule has 0 amide bonds. The summed E-state index contributed by atoms with van der Waals surface area (Å²) in [7, 11) is -2.37. The number of unbranched alkanes of at least 4 members (excludes halogenated alkanes) is 4. The van der Waals surface area contributed by atoms with Crippen molar-refractivity contribution in [3.8, 4) is 0 Å². The summed E-state index contributed by atoms with van der Waals surface area (Å²) in [6.07, 6.45) is 5.59. The summed E-state index contributed by atoms with van der Waals surface area (Å²) in [5.41, 5.74) is 1.25. The second-order valence-electron chi connectivity index (χ2n) is 6.43. The van der Waals surface area contributed by atoms with Crippen molar-refractivity contribution in [1.82, 2.24) is 4.90 Å². The Morgan fingerprint density at radius 1 is 1.08 bits per heavy atom. The Bertz CT molecular complexity index is 590. The zero-order valence-electron chi connectivity index (χ0n) is 15.7. The number of hydrogen-bond acceptors (Lipinski definition) is 4. The van der Waals surface area contributed by atoms with E-state index in [1.165, 1.54) is 32.7 Å². The third kappa shape index (κ3) is 7.73. The monoisotopic (exact) mass is 371 g/mol. The number of likely N-dealkylation sites (N-methyl/N-ethyl adjacent to an activating group) is 1. The average molecular weight is 372 g/mol. The van der Waals surface area contributed by atoms with E-state index in [0.717, 1.165) is 29.4 Å². The van der Waals surface area contributed by atoms with Crippen LogP contribution in [0.3, 0.4) is 0 Å². The maximum Gasteiger partial charge on any atom is 0.298 e. The molecule has 0 heterocycles. The Morgan fingerprint density at radius 3 is 2.20 bits per heavy atom. The predicted octanol–water partition coefficient (Wildman–Crippen LogP) is 2.65. The van der Waals surface area contributed by atoms with Gasteiger partial charge in [-0.15, -0.1) is 0 Å². The number of benzene rings is 1. The van der Waals surface area contributed by atoms with Crippen molar-refractivity contribution in [3.05, 3.63) is 29.8 Å². The number of hydrogen-bond donors (Lipinski definition) is 2. The van der Waals surface area contributed by atoms with Crippen molar-refractivity contribution in [2.24, 2.45) is 5.14 Å². The van der Waals surface area contributed by atoms with Crippen LogP contribution in [0.25, 0.3) is 0 Å². The lowest BCUT2D eigenvalue weighted by atomic mass is 10.1. The molecule has 6 nitrogen and oxygen atoms in total. The highest BCUT2D eigenvalue weighted by Crippen LogP contribution is 2.20. The number of aliphatic hydroxyl groups is 1. The first-order valence-corrected chi connectivity index (χ1v) is 10.6. The van der Waals surface area contributed by atoms with E-state index in [1.807, 2.05) is 0 Å². The quantitative estimate of drug-likeness (QED) is 0.553. The molecule has 0 saturated carbocycles. The van der Waals surface area contributed by atoms with Gasteiger partial charge in [0.05, 0.1) is 11.8 Å². The summed E-state index contributed by atoms with van der Waals surface area (Å²) in [5, 5.41) is 15.6. The smallest absolute Gasteiger partial charge is 0.298 e. The minimum atomic E-state index is -3.77. The first-order valence-electron chi connectivity index (χ1n) is 9.06. The molecule has 1 aromatic rings. The Labute approximate surface area is 152 Å². The van der Waals surface area contributed by atoms with E-state index in [1.54, 1.807) is 24.3 Å². The largest absolute Gasteiger partial charge is 0.387 e. The summed E-state index contributed by atoms with van der Waals surface area (Å²) in [6.45, 7) is 6.78. The molecule has 0 aliphatic heterocycles. The topological polar surface area (TPSA) is 86.9 Å². The molecule has 3 N–H and O–H groups in total. The van der Waals surface area contributed by atoms with Gasteiger partial charge in [0.1, 0.15) is 0 Å². The second kappa shape index (κ2) is 10.8. The molecule has 0 aliphatic carbocycles. The molecule has 0 saturated heterocycles. The lowest BCUT2D eigenvalue weighted by molar-refractivity contribution is 0.115. The first kappa shape index (κ1) is 21.9. The van der Waals surface area contributed by atoms with E-state index in [-0.39, 0.29) is 0 Å². The van der Waals surface area contributed by atoms with Gasteiger partial charge in [-0.2, -0.15) is 8.42 Å². The third-order valence-electron chi connectivity index (χ3n) is 4.48. The van der Waals surface area contributed by atoms with Crippen molar-refractivity contribution in [3.63, 3.8) is 0 Å². The zero-order chi connectivity index (χ0) is 18.9. The summed E-state index contributed by atoms with van der Waals surface area (Å²) in [4.78, 5) is 2.25. The van der Waals surface area contributed by atoms with Gasteiger partial charge in [0, 0.05) is 13.6 Å². The van der Waals surface area contributed by atoms with Gasteiger partial charge in [0.25, 0.3) is 10.2 Å². The molecule has 0 aromatic heterocycles. The third-order valence-corrected chi connectivity index (χ3v) is 5.45. The van der Waals surface area contributed by atoms with Gasteiger partial charge in [-0.05, 0) is 37.2 Å². The minimum Gasteiger partial charge on any atom is -0.387 e. The molecule has 7 heteroatoms. The zero-order valence-corrected chi connectivity index (χ0v) is 16.5. The van der Waals surface area contributed by atoms with Crippen LogP contribution in [0.15, 0.2) is 24.3 Å². The lowest BCUT2D eigenvalue weighted by Crippen LogP contribution is -2.33. The first-order chi connectivity index (χ1) is 11.8. The highest BCUT2D eigenvalue weighted by Gasteiger charge is 2.15. The molecule has 1 atom stereocenters. The van der Waals surface area contributed by atoms with E-state index < -0.39 is 16.3 Å². The van der Waals surface area contributed by atoms with Crippen LogP contribution in [-0.2, 0) is 10.2 Å². The highest BCUT2D eigenvalue weighted by molar-refractivity contribution is 7.90. The van der Waals surface area contributed by atoms with Crippen LogP contribution >= 0.6 is 0 Å². The van der Waals surface area contributed by atoms with Crippen LogP contribution in [0.1, 0.15) is 57.6 Å². The van der Waals surface area contributed by atoms with Gasteiger partial charge < -0.3 is 10.0 Å². The number of anilines is 1. The maximum atomic E-state index is 11.3. The predicted molar refractivity (Wildman–Crippen MR) is 104 cm³/mol. The average Bonchev–Trinajstić information content (AvgIpc) is 2.59. The molecule has 25 heavy (non-hydrogen) atoms. The van der Waals surface area contributed by atoms with E-state index in [9.17, 15) is 13.5 Å². The lowest BCUT2D eigenvalue weighted by Gasteiger charge is -2.24. The molecule has 0 bridgehead atoms. The Kier molecular flexibility index (Phi) is 9.42. The Morgan fingerprint density at radius 2 is 1.68 bits per heavy atom. The van der Waals surface area contributed by atoms with Crippen LogP contribution in [0.4, 0.5) is 5.69 Å². The molecule has 144 valence electrons. The van der Waals surface area contributed by atoms with Crippen molar-refractivity contribution in [2.45, 2.75) is 52.1 Å². The van der Waals surface area contributed by atoms with E-state index in [4.69, 9.17) is 5.14 Å². The molecule has 1 unspecified atom stereocenters. The number of nitrogens with two attached hydrogens (primary N) is 1. The molecule has 1 aromatic carbocycles. The van der Waals surface area contributed by atoms with Crippen molar-refractivity contribution in [1.29, 1.82) is 0 Å². The molecular formula is C18H33N3O3S. The fraction of sp³-hybridized carbons (Fsp3) is 0.667. The van der Waals surface area contributed by atoms with Crippen molar-refractivity contribution < 1.29 is 13.5 Å². The molecule has 1 rings (SSSR count). The fourth-order valence-electron chi connectivity index (χ4n) is 2.72. The fourth-order valence-corrected chi connectivity index (χ4v) is 3.14.